The molecule has 0 aromatic heterocycles. The van der Waals surface area contributed by atoms with Crippen LogP contribution in [0.1, 0.15) is 40.0 Å². The molecule has 1 N–H and O–H groups in total. The van der Waals surface area contributed by atoms with Crippen LogP contribution in [0.25, 0.3) is 0 Å². The van der Waals surface area contributed by atoms with E-state index in [1.165, 1.54) is 0 Å². The maximum absolute atomic E-state index is 10.0. The highest BCUT2D eigenvalue weighted by molar-refractivity contribution is 5.03. The van der Waals surface area contributed by atoms with Gasteiger partial charge in [-0.25, -0.2) is 0 Å². The number of hydrogen-bond acceptors (Lipinski definition) is 1. The normalized spacial score (nSPS) is 39.7. The molecule has 0 bridgehead atoms. The van der Waals surface area contributed by atoms with E-state index >= 15 is 0 Å². The van der Waals surface area contributed by atoms with Crippen LogP contribution in [0.2, 0.25) is 0 Å². The fourth-order valence-electron chi connectivity index (χ4n) is 2.02. The highest BCUT2D eigenvalue weighted by Gasteiger charge is 2.46. The summed E-state index contributed by atoms with van der Waals surface area (Å²) in [7, 11) is 0. The molecular formula is C11H18O. The molecule has 0 aromatic carbocycles. The Bertz CT molecular complexity index is 211. The van der Waals surface area contributed by atoms with Gasteiger partial charge in [0.25, 0.3) is 0 Å². The van der Waals surface area contributed by atoms with Gasteiger partial charge in [-0.05, 0) is 31.6 Å². The van der Waals surface area contributed by atoms with Crippen LogP contribution in [0.15, 0.2) is 0 Å². The predicted molar refractivity (Wildman–Crippen MR) is 50.6 cm³/mol. The van der Waals surface area contributed by atoms with E-state index in [2.05, 4.69) is 25.7 Å². The summed E-state index contributed by atoms with van der Waals surface area (Å²) in [6.45, 7) is 6.18. The zero-order valence-corrected chi connectivity index (χ0v) is 8.22. The van der Waals surface area contributed by atoms with Crippen molar-refractivity contribution in [3.8, 4) is 11.8 Å². The van der Waals surface area contributed by atoms with Gasteiger partial charge in [-0.15, -0.1) is 11.8 Å². The van der Waals surface area contributed by atoms with Crippen molar-refractivity contribution in [1.29, 1.82) is 0 Å². The largest absolute Gasteiger partial charge is 0.390 e. The summed E-state index contributed by atoms with van der Waals surface area (Å²) in [6.07, 6.45) is 2.64. The van der Waals surface area contributed by atoms with Crippen molar-refractivity contribution in [3.63, 3.8) is 0 Å². The molecule has 1 fully saturated rings. The Morgan fingerprint density at radius 3 is 2.58 bits per heavy atom. The molecule has 3 unspecified atom stereocenters. The summed E-state index contributed by atoms with van der Waals surface area (Å²) in [5.41, 5.74) is -0.400. The second kappa shape index (κ2) is 3.49. The van der Waals surface area contributed by atoms with Gasteiger partial charge in [0, 0.05) is 6.42 Å². The van der Waals surface area contributed by atoms with Crippen LogP contribution in [0.4, 0.5) is 0 Å². The van der Waals surface area contributed by atoms with Crippen LogP contribution in [-0.2, 0) is 0 Å². The first-order valence-electron chi connectivity index (χ1n) is 4.72. The molecule has 3 atom stereocenters. The minimum absolute atomic E-state index is 0.400. The van der Waals surface area contributed by atoms with Crippen molar-refractivity contribution < 1.29 is 5.11 Å². The average molecular weight is 166 g/mol. The van der Waals surface area contributed by atoms with Crippen LogP contribution in [0, 0.1) is 23.7 Å². The summed E-state index contributed by atoms with van der Waals surface area (Å²) in [5, 5.41) is 10.0. The van der Waals surface area contributed by atoms with Crippen molar-refractivity contribution in [2.75, 3.05) is 0 Å². The maximum atomic E-state index is 10.0. The smallest absolute Gasteiger partial charge is 0.0687 e. The number of aliphatic hydroxyl groups is 1. The van der Waals surface area contributed by atoms with Crippen molar-refractivity contribution in [2.45, 2.75) is 45.6 Å². The Kier molecular flexibility index (Phi) is 2.80. The van der Waals surface area contributed by atoms with E-state index in [4.69, 9.17) is 0 Å². The minimum atomic E-state index is -0.400. The summed E-state index contributed by atoms with van der Waals surface area (Å²) in [4.78, 5) is 0. The van der Waals surface area contributed by atoms with E-state index in [1.54, 1.807) is 0 Å². The van der Waals surface area contributed by atoms with Gasteiger partial charge in [0.1, 0.15) is 0 Å². The Labute approximate surface area is 75.2 Å². The Hall–Kier alpha value is -0.480. The lowest BCUT2D eigenvalue weighted by atomic mass is 9.61. The van der Waals surface area contributed by atoms with Gasteiger partial charge in [-0.3, -0.25) is 0 Å². The van der Waals surface area contributed by atoms with Crippen molar-refractivity contribution in [2.24, 2.45) is 11.8 Å². The Morgan fingerprint density at radius 1 is 1.50 bits per heavy atom. The van der Waals surface area contributed by atoms with Gasteiger partial charge in [-0.1, -0.05) is 13.8 Å². The van der Waals surface area contributed by atoms with E-state index in [9.17, 15) is 5.11 Å². The van der Waals surface area contributed by atoms with E-state index in [0.29, 0.717) is 11.8 Å². The first kappa shape index (κ1) is 9.61. The van der Waals surface area contributed by atoms with Crippen LogP contribution >= 0.6 is 0 Å². The Balaban J connectivity index is 2.35. The minimum Gasteiger partial charge on any atom is -0.390 e. The van der Waals surface area contributed by atoms with Crippen LogP contribution in [-0.4, -0.2) is 10.7 Å². The van der Waals surface area contributed by atoms with Crippen molar-refractivity contribution >= 4 is 0 Å². The molecule has 0 aromatic rings. The van der Waals surface area contributed by atoms with Gasteiger partial charge in [0.2, 0.25) is 0 Å². The fourth-order valence-corrected chi connectivity index (χ4v) is 2.02. The standard InChI is InChI=1S/C11H18O/c1-4-5-6-7-11(12)8-9(2)10(11)3/h9-10,12H,6-8H2,1-3H3. The van der Waals surface area contributed by atoms with Gasteiger partial charge in [-0.2, -0.15) is 0 Å². The molecule has 1 heteroatoms. The van der Waals surface area contributed by atoms with Gasteiger partial charge in [0.05, 0.1) is 5.60 Å². The molecule has 0 saturated heterocycles. The third-order valence-corrected chi connectivity index (χ3v) is 3.24. The van der Waals surface area contributed by atoms with Gasteiger partial charge < -0.3 is 5.11 Å². The fraction of sp³-hybridized carbons (Fsp3) is 0.818. The molecule has 1 aliphatic carbocycles. The maximum Gasteiger partial charge on any atom is 0.0687 e. The number of hydrogen-bond donors (Lipinski definition) is 1. The van der Waals surface area contributed by atoms with E-state index in [0.717, 1.165) is 19.3 Å². The predicted octanol–water partition coefficient (Wildman–Crippen LogP) is 2.20. The van der Waals surface area contributed by atoms with Crippen LogP contribution < -0.4 is 0 Å². The monoisotopic (exact) mass is 166 g/mol. The van der Waals surface area contributed by atoms with E-state index in [1.807, 2.05) is 6.92 Å². The van der Waals surface area contributed by atoms with Gasteiger partial charge >= 0.3 is 0 Å². The molecular weight excluding hydrogens is 148 g/mol. The first-order chi connectivity index (χ1) is 5.60. The highest BCUT2D eigenvalue weighted by Crippen LogP contribution is 2.45. The molecule has 0 radical (unpaired) electrons. The first-order valence-corrected chi connectivity index (χ1v) is 4.72. The summed E-state index contributed by atoms with van der Waals surface area (Å²) in [5.74, 6) is 6.99. The quantitative estimate of drug-likeness (QED) is 0.623. The van der Waals surface area contributed by atoms with E-state index < -0.39 is 5.60 Å². The molecule has 0 heterocycles. The van der Waals surface area contributed by atoms with Crippen molar-refractivity contribution in [3.05, 3.63) is 0 Å². The molecule has 0 aliphatic heterocycles. The third kappa shape index (κ3) is 1.64. The van der Waals surface area contributed by atoms with Crippen LogP contribution in [0.3, 0.4) is 0 Å². The highest BCUT2D eigenvalue weighted by atomic mass is 16.3. The lowest BCUT2D eigenvalue weighted by Gasteiger charge is -2.49. The third-order valence-electron chi connectivity index (χ3n) is 3.24. The summed E-state index contributed by atoms with van der Waals surface area (Å²) < 4.78 is 0. The zero-order chi connectivity index (χ0) is 9.19. The van der Waals surface area contributed by atoms with Crippen LogP contribution in [0.5, 0.6) is 0 Å². The number of rotatable bonds is 2. The molecule has 12 heavy (non-hydrogen) atoms. The average Bonchev–Trinajstić information content (AvgIpc) is 2.05. The molecule has 0 spiro atoms. The molecule has 68 valence electrons. The summed E-state index contributed by atoms with van der Waals surface area (Å²) in [6, 6.07) is 0. The SMILES string of the molecule is CC#CCCC1(O)CC(C)C1C. The molecule has 0 amide bonds. The Morgan fingerprint density at radius 2 is 2.17 bits per heavy atom. The lowest BCUT2D eigenvalue weighted by molar-refractivity contribution is -0.128. The van der Waals surface area contributed by atoms with Gasteiger partial charge in [0.15, 0.2) is 0 Å². The molecule has 1 nitrogen and oxygen atoms in total. The lowest BCUT2D eigenvalue weighted by Crippen LogP contribution is -2.51. The zero-order valence-electron chi connectivity index (χ0n) is 8.22. The second-order valence-corrected chi connectivity index (χ2v) is 4.00. The second-order valence-electron chi connectivity index (χ2n) is 4.00. The topological polar surface area (TPSA) is 20.2 Å². The molecule has 1 aliphatic rings. The molecule has 1 saturated carbocycles. The van der Waals surface area contributed by atoms with E-state index in [-0.39, 0.29) is 0 Å². The van der Waals surface area contributed by atoms with Crippen molar-refractivity contribution in [1.82, 2.24) is 0 Å². The molecule has 1 rings (SSSR count). The summed E-state index contributed by atoms with van der Waals surface area (Å²) >= 11 is 0.